The summed E-state index contributed by atoms with van der Waals surface area (Å²) in [5, 5.41) is 78.1. The van der Waals surface area contributed by atoms with E-state index in [1.54, 1.807) is 12.1 Å². The molecule has 2 aromatic rings. The molecule has 0 bridgehead atoms. The number of phenols is 4. The molecule has 6 atom stereocenters. The number of aliphatic hydroxyl groups excluding tert-OH is 4. The average Bonchev–Trinajstić information content (AvgIpc) is 2.85. The smallest absolute Gasteiger partial charge is 0.186 e. The molecule has 0 aromatic heterocycles. The predicted molar refractivity (Wildman–Crippen MR) is 124 cm³/mol. The first-order valence-electron chi connectivity index (χ1n) is 11.6. The number of ether oxygens (including phenoxy) is 2. The molecule has 0 unspecified atom stereocenters. The molecule has 0 radical (unpaired) electrons. The van der Waals surface area contributed by atoms with Gasteiger partial charge in [0.1, 0.15) is 30.2 Å². The zero-order valence-electron chi connectivity index (χ0n) is 19.5. The van der Waals surface area contributed by atoms with E-state index in [-0.39, 0.29) is 48.0 Å². The number of carbonyl (C=O) groups excluding carboxylic acids is 1. The largest absolute Gasteiger partial charge is 0.504 e. The van der Waals surface area contributed by atoms with Crippen molar-refractivity contribution in [1.29, 1.82) is 0 Å². The van der Waals surface area contributed by atoms with E-state index in [2.05, 4.69) is 0 Å². The average molecular weight is 509 g/mol. The van der Waals surface area contributed by atoms with Gasteiger partial charge in [-0.2, -0.15) is 0 Å². The first-order chi connectivity index (χ1) is 17.1. The normalized spacial score (nSPS) is 24.9. The maximum atomic E-state index is 12.8. The van der Waals surface area contributed by atoms with Crippen LogP contribution < -0.4 is 0 Å². The van der Waals surface area contributed by atoms with E-state index in [4.69, 9.17) is 9.47 Å². The van der Waals surface area contributed by atoms with E-state index < -0.39 is 43.4 Å². The Balaban J connectivity index is 1.68. The molecule has 36 heavy (non-hydrogen) atoms. The fourth-order valence-electron chi connectivity index (χ4n) is 4.00. The summed E-state index contributed by atoms with van der Waals surface area (Å²) in [4.78, 5) is 12.8. The van der Waals surface area contributed by atoms with Crippen molar-refractivity contribution in [2.45, 2.75) is 68.9 Å². The molecule has 0 spiro atoms. The number of hydrogen-bond donors (Lipinski definition) is 8. The number of benzene rings is 2. The second kappa shape index (κ2) is 12.3. The lowest BCUT2D eigenvalue weighted by molar-refractivity contribution is -0.311. The van der Waals surface area contributed by atoms with E-state index in [1.807, 2.05) is 0 Å². The summed E-state index contributed by atoms with van der Waals surface area (Å²) in [7, 11) is 0. The van der Waals surface area contributed by atoms with Crippen LogP contribution in [-0.2, 0) is 27.1 Å². The van der Waals surface area contributed by atoms with E-state index >= 15 is 0 Å². The Kier molecular flexibility index (Phi) is 9.49. The van der Waals surface area contributed by atoms with E-state index in [0.717, 1.165) is 0 Å². The molecular weight excluding hydrogens is 476 g/mol. The second-order valence-electron chi connectivity index (χ2n) is 8.88. The Labute approximate surface area is 207 Å². The van der Waals surface area contributed by atoms with Crippen LogP contribution in [0, 0.1) is 0 Å². The van der Waals surface area contributed by atoms with Crippen LogP contribution >= 0.6 is 0 Å². The summed E-state index contributed by atoms with van der Waals surface area (Å²) in [6.07, 6.45) is -7.32. The van der Waals surface area contributed by atoms with Gasteiger partial charge in [-0.25, -0.2) is 0 Å². The van der Waals surface area contributed by atoms with Crippen LogP contribution in [-0.4, -0.2) is 90.1 Å². The van der Waals surface area contributed by atoms with E-state index in [1.165, 1.54) is 24.3 Å². The minimum absolute atomic E-state index is 0.0941. The first kappa shape index (κ1) is 27.7. The van der Waals surface area contributed by atoms with Gasteiger partial charge in [0.2, 0.25) is 0 Å². The van der Waals surface area contributed by atoms with Gasteiger partial charge in [-0.15, -0.1) is 0 Å². The molecule has 1 saturated heterocycles. The van der Waals surface area contributed by atoms with Crippen molar-refractivity contribution in [1.82, 2.24) is 0 Å². The van der Waals surface area contributed by atoms with Crippen molar-refractivity contribution >= 4 is 5.78 Å². The van der Waals surface area contributed by atoms with Crippen LogP contribution in [0.4, 0.5) is 0 Å². The van der Waals surface area contributed by atoms with Gasteiger partial charge in [0.05, 0.1) is 12.7 Å². The Morgan fingerprint density at radius 2 is 1.42 bits per heavy atom. The highest BCUT2D eigenvalue weighted by atomic mass is 16.7. The maximum absolute atomic E-state index is 12.8. The van der Waals surface area contributed by atoms with E-state index in [9.17, 15) is 45.6 Å². The minimum Gasteiger partial charge on any atom is -0.504 e. The molecule has 3 rings (SSSR count). The number of hydrogen-bond acceptors (Lipinski definition) is 11. The molecule has 0 saturated carbocycles. The summed E-state index contributed by atoms with van der Waals surface area (Å²) in [5.74, 6) is -1.33. The highest BCUT2D eigenvalue weighted by molar-refractivity contribution is 5.79. The standard InChI is InChI=1S/C25H32O11/c26-12-21-22(32)23(33)24(34)25(36-21)35-16(6-2-14-4-8-18(29)20(31)10-14)11-15(27)5-1-13-3-7-17(28)19(30)9-13/h3-4,7-10,16,21-26,28-34H,1-2,5-6,11-12H2/t16-,21+,22+,23-,24+,25-/m0/s1. The Hall–Kier alpha value is -2.93. The molecule has 1 aliphatic rings. The maximum Gasteiger partial charge on any atom is 0.186 e. The number of ketones is 1. The lowest BCUT2D eigenvalue weighted by atomic mass is 9.98. The number of aromatic hydroxyl groups is 4. The number of aliphatic hydroxyl groups is 4. The van der Waals surface area contributed by atoms with Gasteiger partial charge in [-0.05, 0) is 54.7 Å². The highest BCUT2D eigenvalue weighted by Crippen LogP contribution is 2.29. The molecule has 8 N–H and O–H groups in total. The van der Waals surface area contributed by atoms with Gasteiger partial charge in [-0.1, -0.05) is 12.1 Å². The van der Waals surface area contributed by atoms with Gasteiger partial charge >= 0.3 is 0 Å². The van der Waals surface area contributed by atoms with Crippen LogP contribution in [0.5, 0.6) is 23.0 Å². The molecular formula is C25H32O11. The quantitative estimate of drug-likeness (QED) is 0.193. The zero-order chi connectivity index (χ0) is 26.4. The fourth-order valence-corrected chi connectivity index (χ4v) is 4.00. The molecule has 198 valence electrons. The molecule has 11 heteroatoms. The van der Waals surface area contributed by atoms with Crippen LogP contribution in [0.2, 0.25) is 0 Å². The molecule has 1 fully saturated rings. The number of aryl methyl sites for hydroxylation is 2. The van der Waals surface area contributed by atoms with Crippen molar-refractivity contribution in [2.24, 2.45) is 0 Å². The van der Waals surface area contributed by atoms with Gasteiger partial charge in [-0.3, -0.25) is 4.79 Å². The molecule has 0 amide bonds. The monoisotopic (exact) mass is 508 g/mol. The van der Waals surface area contributed by atoms with Gasteiger partial charge in [0.25, 0.3) is 0 Å². The molecule has 1 heterocycles. The van der Waals surface area contributed by atoms with E-state index in [0.29, 0.717) is 24.0 Å². The highest BCUT2D eigenvalue weighted by Gasteiger charge is 2.44. The second-order valence-corrected chi connectivity index (χ2v) is 8.88. The third-order valence-corrected chi connectivity index (χ3v) is 6.16. The van der Waals surface area contributed by atoms with Crippen molar-refractivity contribution in [3.05, 3.63) is 47.5 Å². The van der Waals surface area contributed by atoms with Gasteiger partial charge < -0.3 is 50.3 Å². The lowest BCUT2D eigenvalue weighted by Crippen LogP contribution is -2.59. The predicted octanol–water partition coefficient (Wildman–Crippen LogP) is 0.219. The van der Waals surface area contributed by atoms with Crippen molar-refractivity contribution in [3.8, 4) is 23.0 Å². The van der Waals surface area contributed by atoms with Crippen LogP contribution in [0.15, 0.2) is 36.4 Å². The summed E-state index contributed by atoms with van der Waals surface area (Å²) < 4.78 is 11.2. The third-order valence-electron chi connectivity index (χ3n) is 6.16. The van der Waals surface area contributed by atoms with Crippen LogP contribution in [0.25, 0.3) is 0 Å². The van der Waals surface area contributed by atoms with Gasteiger partial charge in [0, 0.05) is 12.8 Å². The summed E-state index contributed by atoms with van der Waals surface area (Å²) in [6.45, 7) is -0.624. The summed E-state index contributed by atoms with van der Waals surface area (Å²) >= 11 is 0. The van der Waals surface area contributed by atoms with Crippen molar-refractivity contribution in [2.75, 3.05) is 6.61 Å². The Bertz CT molecular complexity index is 1030. The van der Waals surface area contributed by atoms with Gasteiger partial charge in [0.15, 0.2) is 29.3 Å². The zero-order valence-corrected chi connectivity index (χ0v) is 19.5. The topological polar surface area (TPSA) is 197 Å². The Morgan fingerprint density at radius 3 is 1.97 bits per heavy atom. The third kappa shape index (κ3) is 7.06. The summed E-state index contributed by atoms with van der Waals surface area (Å²) in [6, 6.07) is 8.57. The van der Waals surface area contributed by atoms with Crippen LogP contribution in [0.1, 0.15) is 30.4 Å². The SMILES string of the molecule is O=C(CCc1ccc(O)c(O)c1)C[C@H](CCc1ccc(O)c(O)c1)O[C@H]1O[C@H](CO)[C@@H](O)[C@H](O)[C@H]1O. The van der Waals surface area contributed by atoms with Crippen molar-refractivity contribution < 1.29 is 55.1 Å². The Morgan fingerprint density at radius 1 is 0.833 bits per heavy atom. The fraction of sp³-hybridized carbons (Fsp3) is 0.480. The molecule has 11 nitrogen and oxygen atoms in total. The first-order valence-corrected chi connectivity index (χ1v) is 11.6. The molecule has 2 aromatic carbocycles. The number of carbonyl (C=O) groups is 1. The number of Topliss-reactive ketones (excluding diaryl/α,β-unsaturated/α-hetero) is 1. The number of phenolic OH excluding ortho intramolecular Hbond substituents is 4. The minimum atomic E-state index is -1.63. The lowest BCUT2D eigenvalue weighted by Gasteiger charge is -2.40. The molecule has 1 aliphatic heterocycles. The van der Waals surface area contributed by atoms with Crippen molar-refractivity contribution in [3.63, 3.8) is 0 Å². The summed E-state index contributed by atoms with van der Waals surface area (Å²) in [5.41, 5.74) is 1.30. The number of rotatable bonds is 11. The van der Waals surface area contributed by atoms with Crippen LogP contribution in [0.3, 0.4) is 0 Å². The molecule has 0 aliphatic carbocycles.